The van der Waals surface area contributed by atoms with Crippen LogP contribution in [0.25, 0.3) is 17.0 Å². The van der Waals surface area contributed by atoms with Crippen molar-refractivity contribution >= 4 is 28.8 Å². The third-order valence-electron chi connectivity index (χ3n) is 2.35. The lowest BCUT2D eigenvalue weighted by molar-refractivity contribution is 0.936. The topological polar surface area (TPSA) is 43.1 Å². The molecule has 0 fully saturated rings. The number of rotatable bonds is 1. The molecule has 0 atom stereocenters. The van der Waals surface area contributed by atoms with Crippen LogP contribution in [0.3, 0.4) is 0 Å². The smallest absolute Gasteiger partial charge is 0.186 e. The summed E-state index contributed by atoms with van der Waals surface area (Å²) in [7, 11) is 0. The van der Waals surface area contributed by atoms with Crippen LogP contribution in [-0.2, 0) is 0 Å². The average molecular weight is 265 g/mol. The number of benzene rings is 1. The van der Waals surface area contributed by atoms with E-state index < -0.39 is 0 Å². The summed E-state index contributed by atoms with van der Waals surface area (Å²) in [5.41, 5.74) is 1.40. The maximum Gasteiger partial charge on any atom is 0.186 e. The van der Waals surface area contributed by atoms with Gasteiger partial charge in [-0.05, 0) is 24.3 Å². The molecule has 3 aromatic rings. The molecule has 0 N–H and O–H groups in total. The quantitative estimate of drug-likeness (QED) is 0.679. The van der Waals surface area contributed by atoms with E-state index in [9.17, 15) is 0 Å². The van der Waals surface area contributed by atoms with E-state index in [-0.39, 0.29) is 0 Å². The van der Waals surface area contributed by atoms with Crippen molar-refractivity contribution in [2.45, 2.75) is 0 Å². The van der Waals surface area contributed by atoms with Crippen LogP contribution in [0, 0.1) is 0 Å². The van der Waals surface area contributed by atoms with Crippen molar-refractivity contribution in [2.24, 2.45) is 0 Å². The number of hydrogen-bond donors (Lipinski definition) is 0. The van der Waals surface area contributed by atoms with Gasteiger partial charge in [0.25, 0.3) is 0 Å². The highest BCUT2D eigenvalue weighted by Crippen LogP contribution is 2.26. The van der Waals surface area contributed by atoms with Crippen molar-refractivity contribution < 1.29 is 0 Å². The summed E-state index contributed by atoms with van der Waals surface area (Å²) < 4.78 is 1.57. The highest BCUT2D eigenvalue weighted by atomic mass is 35.5. The van der Waals surface area contributed by atoms with Crippen molar-refractivity contribution in [3.05, 3.63) is 46.6 Å². The molecule has 1 aromatic carbocycles. The molecule has 4 nitrogen and oxygen atoms in total. The van der Waals surface area contributed by atoms with Gasteiger partial charge < -0.3 is 0 Å². The van der Waals surface area contributed by atoms with Gasteiger partial charge in [-0.1, -0.05) is 35.3 Å². The molecule has 3 rings (SSSR count). The number of aromatic nitrogens is 4. The Morgan fingerprint density at radius 3 is 2.59 bits per heavy atom. The predicted molar refractivity (Wildman–Crippen MR) is 66.2 cm³/mol. The molecule has 0 bridgehead atoms. The lowest BCUT2D eigenvalue weighted by atomic mass is 10.2. The molecule has 17 heavy (non-hydrogen) atoms. The number of hydrogen-bond acceptors (Lipinski definition) is 3. The van der Waals surface area contributed by atoms with Crippen LogP contribution in [0.5, 0.6) is 0 Å². The summed E-state index contributed by atoms with van der Waals surface area (Å²) >= 11 is 12.0. The molecule has 0 aliphatic carbocycles. The van der Waals surface area contributed by atoms with Gasteiger partial charge in [-0.15, -0.1) is 10.2 Å². The number of fused-ring (bicyclic) bond motifs is 1. The Kier molecular flexibility index (Phi) is 2.46. The maximum absolute atomic E-state index is 6.11. The first-order valence-electron chi connectivity index (χ1n) is 4.88. The fourth-order valence-electron chi connectivity index (χ4n) is 1.58. The van der Waals surface area contributed by atoms with E-state index in [0.29, 0.717) is 21.6 Å². The first-order valence-corrected chi connectivity index (χ1v) is 5.64. The lowest BCUT2D eigenvalue weighted by Gasteiger charge is -2.01. The van der Waals surface area contributed by atoms with E-state index in [0.717, 1.165) is 5.56 Å². The van der Waals surface area contributed by atoms with Crippen molar-refractivity contribution in [2.75, 3.05) is 0 Å². The van der Waals surface area contributed by atoms with E-state index in [1.807, 2.05) is 18.2 Å². The van der Waals surface area contributed by atoms with Crippen molar-refractivity contribution in [1.82, 2.24) is 19.8 Å². The molecule has 0 aliphatic rings. The van der Waals surface area contributed by atoms with E-state index in [4.69, 9.17) is 23.2 Å². The van der Waals surface area contributed by atoms with Gasteiger partial charge in [-0.3, -0.25) is 0 Å². The average Bonchev–Trinajstić information content (AvgIpc) is 2.72. The molecule has 0 unspecified atom stereocenters. The largest absolute Gasteiger partial charge is 0.191 e. The van der Waals surface area contributed by atoms with Gasteiger partial charge in [0.05, 0.1) is 5.02 Å². The Morgan fingerprint density at radius 1 is 0.941 bits per heavy atom. The molecule has 0 radical (unpaired) electrons. The summed E-state index contributed by atoms with van der Waals surface area (Å²) in [6.45, 7) is 0. The van der Waals surface area contributed by atoms with Gasteiger partial charge in [-0.2, -0.15) is 9.61 Å². The zero-order valence-corrected chi connectivity index (χ0v) is 10.0. The second kappa shape index (κ2) is 3.98. The molecule has 84 valence electrons. The Bertz CT molecular complexity index is 693. The zero-order valence-electron chi connectivity index (χ0n) is 8.51. The zero-order chi connectivity index (χ0) is 11.8. The minimum atomic E-state index is 0.380. The summed E-state index contributed by atoms with van der Waals surface area (Å²) in [5, 5.41) is 13.2. The van der Waals surface area contributed by atoms with Gasteiger partial charge in [0.1, 0.15) is 5.15 Å². The molecular formula is C11H6Cl2N4. The van der Waals surface area contributed by atoms with Crippen LogP contribution in [0.2, 0.25) is 10.2 Å². The van der Waals surface area contributed by atoms with Crippen LogP contribution in [-0.4, -0.2) is 19.8 Å². The molecule has 0 saturated heterocycles. The van der Waals surface area contributed by atoms with E-state index in [1.54, 1.807) is 22.7 Å². The SMILES string of the molecule is Clc1ccc2nnc(-c3ccccc3Cl)n2n1. The second-order valence-corrected chi connectivity index (χ2v) is 4.22. The van der Waals surface area contributed by atoms with Crippen LogP contribution in [0.1, 0.15) is 0 Å². The maximum atomic E-state index is 6.11. The Morgan fingerprint density at radius 2 is 1.76 bits per heavy atom. The molecule has 0 saturated carbocycles. The van der Waals surface area contributed by atoms with Crippen LogP contribution in [0.15, 0.2) is 36.4 Å². The first-order chi connectivity index (χ1) is 8.25. The Labute approximate surface area is 107 Å². The summed E-state index contributed by atoms with van der Waals surface area (Å²) in [6, 6.07) is 10.8. The highest BCUT2D eigenvalue weighted by molar-refractivity contribution is 6.33. The van der Waals surface area contributed by atoms with Crippen molar-refractivity contribution in [3.63, 3.8) is 0 Å². The van der Waals surface area contributed by atoms with E-state index in [1.165, 1.54) is 0 Å². The Hall–Kier alpha value is -1.65. The molecule has 0 aliphatic heterocycles. The monoisotopic (exact) mass is 264 g/mol. The third kappa shape index (κ3) is 1.75. The van der Waals surface area contributed by atoms with E-state index >= 15 is 0 Å². The van der Waals surface area contributed by atoms with Crippen molar-refractivity contribution in [1.29, 1.82) is 0 Å². The molecule has 2 heterocycles. The van der Waals surface area contributed by atoms with Crippen LogP contribution < -0.4 is 0 Å². The first kappa shape index (κ1) is 10.5. The van der Waals surface area contributed by atoms with Gasteiger partial charge >= 0.3 is 0 Å². The van der Waals surface area contributed by atoms with Crippen LogP contribution >= 0.6 is 23.2 Å². The van der Waals surface area contributed by atoms with Crippen LogP contribution in [0.4, 0.5) is 0 Å². The normalized spacial score (nSPS) is 10.9. The fraction of sp³-hybridized carbons (Fsp3) is 0. The molecule has 2 aromatic heterocycles. The summed E-state index contributed by atoms with van der Waals surface area (Å²) in [5.74, 6) is 0.577. The molecular weight excluding hydrogens is 259 g/mol. The third-order valence-corrected chi connectivity index (χ3v) is 2.88. The fourth-order valence-corrected chi connectivity index (χ4v) is 1.94. The summed E-state index contributed by atoms with van der Waals surface area (Å²) in [6.07, 6.45) is 0. The molecule has 0 spiro atoms. The second-order valence-electron chi connectivity index (χ2n) is 3.43. The predicted octanol–water partition coefficient (Wildman–Crippen LogP) is 3.10. The lowest BCUT2D eigenvalue weighted by Crippen LogP contribution is -1.95. The van der Waals surface area contributed by atoms with E-state index in [2.05, 4.69) is 15.3 Å². The minimum Gasteiger partial charge on any atom is -0.191 e. The Balaban J connectivity index is 2.31. The van der Waals surface area contributed by atoms with Gasteiger partial charge in [0.15, 0.2) is 11.5 Å². The van der Waals surface area contributed by atoms with Gasteiger partial charge in [0.2, 0.25) is 0 Å². The highest BCUT2D eigenvalue weighted by Gasteiger charge is 2.11. The standard InChI is InChI=1S/C11H6Cl2N4/c12-8-4-2-1-3-7(8)11-15-14-10-6-5-9(13)16-17(10)11/h1-6H. The number of halogens is 2. The van der Waals surface area contributed by atoms with Gasteiger partial charge in [0, 0.05) is 5.56 Å². The number of nitrogens with zero attached hydrogens (tertiary/aromatic N) is 4. The minimum absolute atomic E-state index is 0.380. The summed E-state index contributed by atoms with van der Waals surface area (Å²) in [4.78, 5) is 0. The van der Waals surface area contributed by atoms with Crippen molar-refractivity contribution in [3.8, 4) is 11.4 Å². The molecule has 0 amide bonds. The van der Waals surface area contributed by atoms with Gasteiger partial charge in [-0.25, -0.2) is 0 Å². The molecule has 6 heteroatoms.